The predicted molar refractivity (Wildman–Crippen MR) is 117 cm³/mol. The summed E-state index contributed by atoms with van der Waals surface area (Å²) in [5, 5.41) is 0. The first-order valence-corrected chi connectivity index (χ1v) is 11.3. The van der Waals surface area contributed by atoms with E-state index < -0.39 is 6.04 Å². The van der Waals surface area contributed by atoms with Gasteiger partial charge < -0.3 is 25.0 Å². The van der Waals surface area contributed by atoms with E-state index in [2.05, 4.69) is 0 Å². The fourth-order valence-electron chi connectivity index (χ4n) is 4.93. The van der Waals surface area contributed by atoms with E-state index in [0.29, 0.717) is 56.8 Å². The van der Waals surface area contributed by atoms with E-state index in [0.717, 1.165) is 11.1 Å². The lowest BCUT2D eigenvalue weighted by Crippen LogP contribution is -2.42. The molecule has 3 aliphatic heterocycles. The summed E-state index contributed by atoms with van der Waals surface area (Å²) < 4.78 is 10.7. The Kier molecular flexibility index (Phi) is 6.44. The minimum atomic E-state index is -0.536. The summed E-state index contributed by atoms with van der Waals surface area (Å²) >= 11 is 0. The van der Waals surface area contributed by atoms with Crippen LogP contribution < -0.4 is 15.2 Å². The summed E-state index contributed by atoms with van der Waals surface area (Å²) in [6, 6.07) is 2.86. The molecule has 1 aromatic carbocycles. The zero-order chi connectivity index (χ0) is 23.7. The van der Waals surface area contributed by atoms with Gasteiger partial charge in [0.15, 0.2) is 11.5 Å². The quantitative estimate of drug-likeness (QED) is 0.606. The van der Waals surface area contributed by atoms with Gasteiger partial charge in [0.25, 0.3) is 5.91 Å². The molecule has 178 valence electrons. The highest BCUT2D eigenvalue weighted by atomic mass is 16.5. The highest BCUT2D eigenvalue weighted by Gasteiger charge is 2.47. The summed E-state index contributed by atoms with van der Waals surface area (Å²) in [7, 11) is 3.12. The van der Waals surface area contributed by atoms with Crippen molar-refractivity contribution < 1.29 is 28.7 Å². The Morgan fingerprint density at radius 2 is 1.70 bits per heavy atom. The van der Waals surface area contributed by atoms with Gasteiger partial charge in [0, 0.05) is 44.9 Å². The average molecular weight is 459 g/mol. The number of ether oxygens (including phenoxy) is 2. The van der Waals surface area contributed by atoms with Gasteiger partial charge in [-0.25, -0.2) is 4.79 Å². The normalized spacial score (nSPS) is 20.5. The Morgan fingerprint density at radius 1 is 1.06 bits per heavy atom. The molecule has 10 heteroatoms. The smallest absolute Gasteiger partial charge is 0.327 e. The summed E-state index contributed by atoms with van der Waals surface area (Å²) in [6.45, 7) is 1.55. The monoisotopic (exact) mass is 458 g/mol. The number of rotatable bonds is 7. The van der Waals surface area contributed by atoms with Crippen LogP contribution in [0.25, 0.3) is 0 Å². The second-order valence-corrected chi connectivity index (χ2v) is 8.76. The van der Waals surface area contributed by atoms with Crippen LogP contribution in [0.15, 0.2) is 12.1 Å². The second-order valence-electron chi connectivity index (χ2n) is 8.76. The molecule has 0 aromatic heterocycles. The van der Waals surface area contributed by atoms with Crippen LogP contribution in [-0.4, -0.2) is 78.3 Å². The molecule has 3 heterocycles. The first-order valence-electron chi connectivity index (χ1n) is 11.3. The zero-order valence-corrected chi connectivity index (χ0v) is 19.0. The number of hydrogen-bond acceptors (Lipinski definition) is 6. The SMILES string of the molecule is COc1cc2c(cc1OC)CN1C(=O)N(CCCC(=O)N3CCC(C(N)=O)CC3)C(=O)[C@@H]1C2. The van der Waals surface area contributed by atoms with Crippen LogP contribution in [0.5, 0.6) is 11.5 Å². The number of benzene rings is 1. The van der Waals surface area contributed by atoms with Crippen LogP contribution in [0.2, 0.25) is 0 Å². The van der Waals surface area contributed by atoms with Crippen LogP contribution >= 0.6 is 0 Å². The maximum atomic E-state index is 13.0. The summed E-state index contributed by atoms with van der Waals surface area (Å²) in [6.07, 6.45) is 2.23. The van der Waals surface area contributed by atoms with Crippen molar-refractivity contribution in [2.75, 3.05) is 33.9 Å². The number of fused-ring (bicyclic) bond motifs is 2. The number of urea groups is 1. The lowest BCUT2D eigenvalue weighted by molar-refractivity contribution is -0.135. The summed E-state index contributed by atoms with van der Waals surface area (Å²) in [5.41, 5.74) is 7.24. The van der Waals surface area contributed by atoms with Gasteiger partial charge in [-0.1, -0.05) is 0 Å². The van der Waals surface area contributed by atoms with Crippen molar-refractivity contribution in [1.82, 2.24) is 14.7 Å². The molecule has 0 unspecified atom stereocenters. The molecular formula is C23H30N4O6. The first kappa shape index (κ1) is 22.9. The molecule has 10 nitrogen and oxygen atoms in total. The number of nitrogens with two attached hydrogens (primary N) is 1. The number of imide groups is 1. The van der Waals surface area contributed by atoms with Gasteiger partial charge in [-0.2, -0.15) is 0 Å². The molecule has 0 radical (unpaired) electrons. The topological polar surface area (TPSA) is 122 Å². The number of piperidine rings is 1. The second kappa shape index (κ2) is 9.29. The number of carbonyl (C=O) groups excluding carboxylic acids is 4. The van der Waals surface area contributed by atoms with Gasteiger partial charge >= 0.3 is 6.03 Å². The largest absolute Gasteiger partial charge is 0.493 e. The zero-order valence-electron chi connectivity index (χ0n) is 19.0. The molecule has 4 rings (SSSR count). The Balaban J connectivity index is 1.34. The van der Waals surface area contributed by atoms with Crippen molar-refractivity contribution in [2.45, 2.75) is 44.7 Å². The molecule has 1 atom stereocenters. The first-order chi connectivity index (χ1) is 15.8. The fourth-order valence-corrected chi connectivity index (χ4v) is 4.93. The Morgan fingerprint density at radius 3 is 2.30 bits per heavy atom. The van der Waals surface area contributed by atoms with E-state index in [1.54, 1.807) is 24.0 Å². The lowest BCUT2D eigenvalue weighted by atomic mass is 9.94. The van der Waals surface area contributed by atoms with Crippen LogP contribution in [-0.2, 0) is 27.3 Å². The number of hydrogen-bond donors (Lipinski definition) is 1. The summed E-state index contributed by atoms with van der Waals surface area (Å²) in [4.78, 5) is 54.3. The minimum Gasteiger partial charge on any atom is -0.493 e. The highest BCUT2D eigenvalue weighted by Crippen LogP contribution is 2.37. The molecule has 0 spiro atoms. The van der Waals surface area contributed by atoms with Crippen molar-refractivity contribution in [3.63, 3.8) is 0 Å². The standard InChI is InChI=1S/C23H30N4O6/c1-32-18-11-15-10-17-22(30)26(23(31)27(17)13-16(15)12-19(18)33-2)7-3-4-20(28)25-8-5-14(6-9-25)21(24)29/h11-12,14,17H,3-10,13H2,1-2H3,(H2,24,29)/t17-/m0/s1. The van der Waals surface area contributed by atoms with E-state index >= 15 is 0 Å². The maximum absolute atomic E-state index is 13.0. The van der Waals surface area contributed by atoms with Crippen LogP contribution in [0.3, 0.4) is 0 Å². The van der Waals surface area contributed by atoms with E-state index in [1.807, 2.05) is 12.1 Å². The van der Waals surface area contributed by atoms with Gasteiger partial charge in [0.2, 0.25) is 11.8 Å². The van der Waals surface area contributed by atoms with Gasteiger partial charge in [-0.15, -0.1) is 0 Å². The molecule has 1 aromatic rings. The molecule has 3 aliphatic rings. The van der Waals surface area contributed by atoms with E-state index in [1.165, 1.54) is 4.90 Å². The van der Waals surface area contributed by atoms with Crippen LogP contribution in [0.1, 0.15) is 36.8 Å². The molecule has 2 fully saturated rings. The summed E-state index contributed by atoms with van der Waals surface area (Å²) in [5.74, 6) is 0.440. The fraction of sp³-hybridized carbons (Fsp3) is 0.565. The molecule has 5 amide bonds. The van der Waals surface area contributed by atoms with Crippen LogP contribution in [0, 0.1) is 5.92 Å². The van der Waals surface area contributed by atoms with Crippen molar-refractivity contribution in [3.8, 4) is 11.5 Å². The van der Waals surface area contributed by atoms with E-state index in [4.69, 9.17) is 15.2 Å². The van der Waals surface area contributed by atoms with Crippen molar-refractivity contribution >= 4 is 23.8 Å². The van der Waals surface area contributed by atoms with Gasteiger partial charge in [-0.05, 0) is 42.5 Å². The number of primary amides is 1. The number of likely N-dealkylation sites (tertiary alicyclic amines) is 1. The Hall–Kier alpha value is -3.30. The molecule has 2 saturated heterocycles. The van der Waals surface area contributed by atoms with Crippen LogP contribution in [0.4, 0.5) is 4.79 Å². The number of methoxy groups -OCH3 is 2. The molecule has 0 bridgehead atoms. The molecule has 33 heavy (non-hydrogen) atoms. The Bertz CT molecular complexity index is 921. The minimum absolute atomic E-state index is 0.0265. The Labute approximate surface area is 192 Å². The van der Waals surface area contributed by atoms with Gasteiger partial charge in [-0.3, -0.25) is 19.3 Å². The predicted octanol–water partition coefficient (Wildman–Crippen LogP) is 0.897. The molecule has 2 N–H and O–H groups in total. The maximum Gasteiger partial charge on any atom is 0.327 e. The van der Waals surface area contributed by atoms with E-state index in [-0.39, 0.29) is 42.6 Å². The third kappa shape index (κ3) is 4.34. The molecular weight excluding hydrogens is 428 g/mol. The number of carbonyl (C=O) groups is 4. The van der Waals surface area contributed by atoms with Gasteiger partial charge in [0.1, 0.15) is 6.04 Å². The third-order valence-electron chi connectivity index (χ3n) is 6.89. The average Bonchev–Trinajstić information content (AvgIpc) is 3.05. The number of nitrogens with zero attached hydrogens (tertiary/aromatic N) is 3. The van der Waals surface area contributed by atoms with E-state index in [9.17, 15) is 19.2 Å². The molecule has 0 aliphatic carbocycles. The van der Waals surface area contributed by atoms with Gasteiger partial charge in [0.05, 0.1) is 14.2 Å². The van der Waals surface area contributed by atoms with Crippen molar-refractivity contribution in [2.24, 2.45) is 11.7 Å². The lowest BCUT2D eigenvalue weighted by Gasteiger charge is -2.30. The van der Waals surface area contributed by atoms with Crippen molar-refractivity contribution in [3.05, 3.63) is 23.3 Å². The molecule has 0 saturated carbocycles. The third-order valence-corrected chi connectivity index (χ3v) is 6.89. The highest BCUT2D eigenvalue weighted by molar-refractivity contribution is 6.04. The number of amides is 5. The van der Waals surface area contributed by atoms with Crippen molar-refractivity contribution in [1.29, 1.82) is 0 Å².